The Labute approximate surface area is 215 Å². The number of rotatable bonds is 11. The van der Waals surface area contributed by atoms with E-state index < -0.39 is 10.0 Å². The Morgan fingerprint density at radius 3 is 2.25 bits per heavy atom. The van der Waals surface area contributed by atoms with Gasteiger partial charge in [-0.2, -0.15) is 9.97 Å². The molecule has 13 heteroatoms. The molecular weight excluding hydrogens is 506 g/mol. The molecule has 2 aromatic carbocycles. The Kier molecular flexibility index (Phi) is 9.08. The molecule has 0 aliphatic rings. The summed E-state index contributed by atoms with van der Waals surface area (Å²) in [7, 11) is 2.05. The van der Waals surface area contributed by atoms with Crippen LogP contribution < -0.4 is 34.3 Å². The quantitative estimate of drug-likeness (QED) is 0.314. The maximum atomic E-state index is 12.8. The minimum absolute atomic E-state index is 0.0146. The lowest BCUT2D eigenvalue weighted by atomic mass is 10.1. The molecule has 11 nitrogen and oxygen atoms in total. The van der Waals surface area contributed by atoms with Crippen LogP contribution in [-0.4, -0.2) is 58.5 Å². The molecule has 192 valence electrons. The summed E-state index contributed by atoms with van der Waals surface area (Å²) >= 11 is 5.34. The van der Waals surface area contributed by atoms with Gasteiger partial charge in [0.25, 0.3) is 10.0 Å². The van der Waals surface area contributed by atoms with E-state index in [1.165, 1.54) is 32.4 Å². The monoisotopic (exact) mass is 533 g/mol. The third kappa shape index (κ3) is 7.09. The highest BCUT2D eigenvalue weighted by molar-refractivity contribution is 7.92. The number of nitrogens with zero attached hydrogens (tertiary/aromatic N) is 2. The van der Waals surface area contributed by atoms with Crippen LogP contribution >= 0.6 is 12.2 Å². The highest BCUT2D eigenvalue weighted by Crippen LogP contribution is 2.27. The molecule has 0 radical (unpaired) electrons. The van der Waals surface area contributed by atoms with Gasteiger partial charge in [0.05, 0.1) is 33.3 Å². The molecule has 1 heterocycles. The van der Waals surface area contributed by atoms with Gasteiger partial charge in [-0.05, 0) is 60.6 Å². The maximum absolute atomic E-state index is 12.8. The zero-order valence-corrected chi connectivity index (χ0v) is 21.8. The highest BCUT2D eigenvalue weighted by atomic mass is 32.2. The Hall–Kier alpha value is -3.84. The summed E-state index contributed by atoms with van der Waals surface area (Å²) in [5, 5.41) is 6.57. The molecule has 3 N–H and O–H groups in total. The smallest absolute Gasteiger partial charge is 0.321 e. The number of methoxy groups -OCH3 is 4. The van der Waals surface area contributed by atoms with E-state index in [4.69, 9.17) is 31.2 Å². The third-order valence-electron chi connectivity index (χ3n) is 4.88. The molecule has 0 bridgehead atoms. The first kappa shape index (κ1) is 26.8. The van der Waals surface area contributed by atoms with Gasteiger partial charge in [0, 0.05) is 18.3 Å². The summed E-state index contributed by atoms with van der Waals surface area (Å²) in [6.45, 7) is 0.587. The van der Waals surface area contributed by atoms with E-state index in [9.17, 15) is 8.42 Å². The predicted octanol–water partition coefficient (Wildman–Crippen LogP) is 2.84. The molecule has 3 rings (SSSR count). The zero-order chi connectivity index (χ0) is 26.1. The van der Waals surface area contributed by atoms with E-state index in [1.54, 1.807) is 26.4 Å². The summed E-state index contributed by atoms with van der Waals surface area (Å²) in [5.41, 5.74) is 1.69. The van der Waals surface area contributed by atoms with Crippen LogP contribution in [0.4, 0.5) is 11.5 Å². The van der Waals surface area contributed by atoms with E-state index in [0.29, 0.717) is 35.3 Å². The minimum atomic E-state index is -3.91. The average Bonchev–Trinajstić information content (AvgIpc) is 2.88. The van der Waals surface area contributed by atoms with Crippen molar-refractivity contribution >= 4 is 38.9 Å². The predicted molar refractivity (Wildman–Crippen MR) is 140 cm³/mol. The topological polar surface area (TPSA) is 133 Å². The van der Waals surface area contributed by atoms with Gasteiger partial charge in [-0.3, -0.25) is 4.72 Å². The van der Waals surface area contributed by atoms with Gasteiger partial charge in [-0.25, -0.2) is 8.42 Å². The number of anilines is 2. The normalized spacial score (nSPS) is 10.8. The first-order valence-corrected chi connectivity index (χ1v) is 12.5. The summed E-state index contributed by atoms with van der Waals surface area (Å²) in [6.07, 6.45) is 0.712. The Morgan fingerprint density at radius 1 is 0.889 bits per heavy atom. The van der Waals surface area contributed by atoms with Gasteiger partial charge in [0.2, 0.25) is 5.88 Å². The van der Waals surface area contributed by atoms with Crippen molar-refractivity contribution in [1.82, 2.24) is 15.3 Å². The van der Waals surface area contributed by atoms with Crippen LogP contribution in [0.5, 0.6) is 23.4 Å². The molecule has 0 saturated carbocycles. The standard InChI is InChI=1S/C23H27N5O6S2/c1-31-18-10-5-15(13-19(18)32-2)11-12-24-23(35)25-16-6-8-17(9-7-16)36(29,30)28-20-14-21(33-3)27-22(26-20)34-4/h5-10,13-14H,11-12H2,1-4H3,(H2,24,25,35)(H,26,27,28). The number of hydrogen-bond acceptors (Lipinski definition) is 9. The van der Waals surface area contributed by atoms with Gasteiger partial charge in [-0.1, -0.05) is 6.07 Å². The second-order valence-electron chi connectivity index (χ2n) is 7.23. The first-order chi connectivity index (χ1) is 17.3. The number of aromatic nitrogens is 2. The second-order valence-corrected chi connectivity index (χ2v) is 9.32. The Bertz CT molecular complexity index is 1280. The molecule has 0 atom stereocenters. The molecule has 0 saturated heterocycles. The number of benzene rings is 2. The lowest BCUT2D eigenvalue weighted by molar-refractivity contribution is 0.353. The average molecular weight is 534 g/mol. The molecule has 0 aliphatic carbocycles. The van der Waals surface area contributed by atoms with Crippen LogP contribution in [0.3, 0.4) is 0 Å². The van der Waals surface area contributed by atoms with E-state index in [2.05, 4.69) is 25.3 Å². The number of ether oxygens (including phenoxy) is 4. The van der Waals surface area contributed by atoms with E-state index in [0.717, 1.165) is 5.56 Å². The molecule has 0 unspecified atom stereocenters. The summed E-state index contributed by atoms with van der Waals surface area (Å²) in [6, 6.07) is 13.2. The summed E-state index contributed by atoms with van der Waals surface area (Å²) in [5.74, 6) is 1.51. The molecule has 0 amide bonds. The summed E-state index contributed by atoms with van der Waals surface area (Å²) in [4.78, 5) is 7.96. The van der Waals surface area contributed by atoms with Crippen molar-refractivity contribution < 1.29 is 27.4 Å². The fourth-order valence-corrected chi connectivity index (χ4v) is 4.31. The van der Waals surface area contributed by atoms with Gasteiger partial charge in [0.1, 0.15) is 0 Å². The lowest BCUT2D eigenvalue weighted by Gasteiger charge is -2.13. The minimum Gasteiger partial charge on any atom is -0.493 e. The van der Waals surface area contributed by atoms with E-state index in [-0.39, 0.29) is 22.6 Å². The molecule has 0 spiro atoms. The van der Waals surface area contributed by atoms with Gasteiger partial charge < -0.3 is 29.6 Å². The SMILES string of the molecule is COc1cc(NS(=O)(=O)c2ccc(NC(=S)NCCc3ccc(OC)c(OC)c3)cc2)nc(OC)n1. The maximum Gasteiger partial charge on any atom is 0.321 e. The van der Waals surface area contributed by atoms with Crippen molar-refractivity contribution in [1.29, 1.82) is 0 Å². The lowest BCUT2D eigenvalue weighted by Crippen LogP contribution is -2.30. The Balaban J connectivity index is 1.56. The van der Waals surface area contributed by atoms with Crippen molar-refractivity contribution in [3.63, 3.8) is 0 Å². The Morgan fingerprint density at radius 2 is 1.61 bits per heavy atom. The highest BCUT2D eigenvalue weighted by Gasteiger charge is 2.17. The van der Waals surface area contributed by atoms with Crippen molar-refractivity contribution in [2.45, 2.75) is 11.3 Å². The largest absolute Gasteiger partial charge is 0.493 e. The van der Waals surface area contributed by atoms with E-state index >= 15 is 0 Å². The van der Waals surface area contributed by atoms with Crippen LogP contribution in [0.15, 0.2) is 53.4 Å². The van der Waals surface area contributed by atoms with Crippen molar-refractivity contribution in [3.05, 3.63) is 54.1 Å². The molecular formula is C23H27N5O6S2. The molecule has 0 aliphatic heterocycles. The number of hydrogen-bond donors (Lipinski definition) is 3. The molecule has 0 fully saturated rings. The first-order valence-electron chi connectivity index (χ1n) is 10.6. The fraction of sp³-hybridized carbons (Fsp3) is 0.261. The van der Waals surface area contributed by atoms with Crippen LogP contribution in [0, 0.1) is 0 Å². The fourth-order valence-electron chi connectivity index (χ4n) is 3.10. The second kappa shape index (κ2) is 12.2. The number of thiocarbonyl (C=S) groups is 1. The third-order valence-corrected chi connectivity index (χ3v) is 6.50. The number of sulfonamides is 1. The van der Waals surface area contributed by atoms with Crippen LogP contribution in [0.25, 0.3) is 0 Å². The molecule has 3 aromatic rings. The van der Waals surface area contributed by atoms with Crippen molar-refractivity contribution in [3.8, 4) is 23.4 Å². The number of nitrogens with one attached hydrogen (secondary N) is 3. The van der Waals surface area contributed by atoms with Crippen LogP contribution in [-0.2, 0) is 16.4 Å². The van der Waals surface area contributed by atoms with Crippen LogP contribution in [0.2, 0.25) is 0 Å². The zero-order valence-electron chi connectivity index (χ0n) is 20.2. The van der Waals surface area contributed by atoms with Crippen LogP contribution in [0.1, 0.15) is 5.56 Å². The van der Waals surface area contributed by atoms with Gasteiger partial charge in [0.15, 0.2) is 22.4 Å². The van der Waals surface area contributed by atoms with Crippen molar-refractivity contribution in [2.75, 3.05) is 45.0 Å². The summed E-state index contributed by atoms with van der Waals surface area (Å²) < 4.78 is 48.5. The van der Waals surface area contributed by atoms with E-state index in [1.807, 2.05) is 18.2 Å². The van der Waals surface area contributed by atoms with Gasteiger partial charge >= 0.3 is 6.01 Å². The molecule has 1 aromatic heterocycles. The van der Waals surface area contributed by atoms with Gasteiger partial charge in [-0.15, -0.1) is 0 Å². The van der Waals surface area contributed by atoms with Crippen molar-refractivity contribution in [2.24, 2.45) is 0 Å². The molecule has 36 heavy (non-hydrogen) atoms.